The van der Waals surface area contributed by atoms with Crippen LogP contribution in [0.1, 0.15) is 12.5 Å². The number of carbonyl (C=O) groups excluding carboxylic acids is 1. The van der Waals surface area contributed by atoms with Gasteiger partial charge in [-0.3, -0.25) is 4.79 Å². The number of nitriles is 1. The second-order valence-electron chi connectivity index (χ2n) is 4.04. The van der Waals surface area contributed by atoms with E-state index in [0.29, 0.717) is 27.2 Å². The minimum absolute atomic E-state index is 0.167. The molecule has 2 aromatic rings. The summed E-state index contributed by atoms with van der Waals surface area (Å²) in [4.78, 5) is 11.2. The van der Waals surface area contributed by atoms with Crippen LogP contribution in [0.15, 0.2) is 46.9 Å². The first-order valence-electron chi connectivity index (χ1n) is 5.84. The Morgan fingerprint density at radius 1 is 1.25 bits per heavy atom. The first-order chi connectivity index (χ1) is 9.60. The van der Waals surface area contributed by atoms with Crippen molar-refractivity contribution in [3.8, 4) is 17.6 Å². The number of rotatable bonds is 3. The molecule has 5 heteroatoms. The van der Waals surface area contributed by atoms with E-state index in [1.54, 1.807) is 30.3 Å². The SMILES string of the molecule is CC(=O)Nc1ccccc1Oc1ccc(C#N)cc1Br. The molecule has 100 valence electrons. The predicted octanol–water partition coefficient (Wildman–Crippen LogP) is 4.07. The molecule has 0 aliphatic heterocycles. The van der Waals surface area contributed by atoms with E-state index in [9.17, 15) is 4.79 Å². The van der Waals surface area contributed by atoms with Crippen LogP contribution in [0, 0.1) is 11.3 Å². The van der Waals surface area contributed by atoms with Crippen molar-refractivity contribution in [1.29, 1.82) is 5.26 Å². The number of hydrogen-bond acceptors (Lipinski definition) is 3. The molecule has 20 heavy (non-hydrogen) atoms. The Balaban J connectivity index is 2.31. The molecule has 0 fully saturated rings. The van der Waals surface area contributed by atoms with E-state index in [-0.39, 0.29) is 5.91 Å². The zero-order chi connectivity index (χ0) is 14.5. The molecule has 1 N–H and O–H groups in total. The van der Waals surface area contributed by atoms with E-state index in [1.807, 2.05) is 12.1 Å². The van der Waals surface area contributed by atoms with Crippen LogP contribution in [0.3, 0.4) is 0 Å². The molecule has 0 bridgehead atoms. The molecule has 1 amide bonds. The van der Waals surface area contributed by atoms with Crippen molar-refractivity contribution in [3.05, 3.63) is 52.5 Å². The quantitative estimate of drug-likeness (QED) is 0.922. The van der Waals surface area contributed by atoms with Gasteiger partial charge in [-0.2, -0.15) is 5.26 Å². The van der Waals surface area contributed by atoms with Gasteiger partial charge in [0, 0.05) is 6.92 Å². The molecule has 0 aromatic heterocycles. The summed E-state index contributed by atoms with van der Waals surface area (Å²) in [6, 6.07) is 14.2. The second kappa shape index (κ2) is 6.22. The van der Waals surface area contributed by atoms with Gasteiger partial charge in [-0.15, -0.1) is 0 Å². The van der Waals surface area contributed by atoms with E-state index < -0.39 is 0 Å². The van der Waals surface area contributed by atoms with Crippen LogP contribution in [-0.2, 0) is 4.79 Å². The van der Waals surface area contributed by atoms with Gasteiger partial charge in [-0.1, -0.05) is 12.1 Å². The van der Waals surface area contributed by atoms with Crippen LogP contribution >= 0.6 is 15.9 Å². The fourth-order valence-electron chi connectivity index (χ4n) is 1.62. The zero-order valence-electron chi connectivity index (χ0n) is 10.7. The van der Waals surface area contributed by atoms with Crippen molar-refractivity contribution < 1.29 is 9.53 Å². The number of nitrogens with one attached hydrogen (secondary N) is 1. The van der Waals surface area contributed by atoms with Crippen LogP contribution in [-0.4, -0.2) is 5.91 Å². The first kappa shape index (κ1) is 14.1. The van der Waals surface area contributed by atoms with Gasteiger partial charge in [-0.05, 0) is 46.3 Å². The van der Waals surface area contributed by atoms with Crippen molar-refractivity contribution in [2.75, 3.05) is 5.32 Å². The molecule has 0 atom stereocenters. The van der Waals surface area contributed by atoms with Gasteiger partial charge >= 0.3 is 0 Å². The average molecular weight is 331 g/mol. The number of anilines is 1. The molecular formula is C15H11BrN2O2. The van der Waals surface area contributed by atoms with Crippen molar-refractivity contribution >= 4 is 27.5 Å². The molecular weight excluding hydrogens is 320 g/mol. The molecule has 0 aliphatic rings. The number of hydrogen-bond donors (Lipinski definition) is 1. The Morgan fingerprint density at radius 2 is 2.00 bits per heavy atom. The van der Waals surface area contributed by atoms with Gasteiger partial charge in [0.15, 0.2) is 5.75 Å². The van der Waals surface area contributed by atoms with Gasteiger partial charge < -0.3 is 10.1 Å². The summed E-state index contributed by atoms with van der Waals surface area (Å²) in [6.45, 7) is 1.44. The summed E-state index contributed by atoms with van der Waals surface area (Å²) in [6.07, 6.45) is 0. The summed E-state index contributed by atoms with van der Waals surface area (Å²) in [7, 11) is 0. The molecule has 0 saturated carbocycles. The van der Waals surface area contributed by atoms with Crippen LogP contribution < -0.4 is 10.1 Å². The smallest absolute Gasteiger partial charge is 0.221 e. The highest BCUT2D eigenvalue weighted by Gasteiger charge is 2.08. The van der Waals surface area contributed by atoms with E-state index in [2.05, 4.69) is 27.3 Å². The monoisotopic (exact) mass is 330 g/mol. The number of para-hydroxylation sites is 2. The van der Waals surface area contributed by atoms with Crippen molar-refractivity contribution in [2.24, 2.45) is 0 Å². The number of halogens is 1. The molecule has 0 aliphatic carbocycles. The van der Waals surface area contributed by atoms with Crippen LogP contribution in [0.4, 0.5) is 5.69 Å². The standard InChI is InChI=1S/C15H11BrN2O2/c1-10(19)18-13-4-2-3-5-15(13)20-14-7-6-11(9-17)8-12(14)16/h2-8H,1H3,(H,18,19). The lowest BCUT2D eigenvalue weighted by atomic mass is 10.2. The predicted molar refractivity (Wildman–Crippen MR) is 79.7 cm³/mol. The van der Waals surface area contributed by atoms with Gasteiger partial charge in [0.25, 0.3) is 0 Å². The number of amides is 1. The highest BCUT2D eigenvalue weighted by molar-refractivity contribution is 9.10. The lowest BCUT2D eigenvalue weighted by Crippen LogP contribution is -2.06. The summed E-state index contributed by atoms with van der Waals surface area (Å²) in [5.41, 5.74) is 1.13. The molecule has 2 rings (SSSR count). The summed E-state index contributed by atoms with van der Waals surface area (Å²) in [5, 5.41) is 11.5. The highest BCUT2D eigenvalue weighted by atomic mass is 79.9. The molecule has 0 saturated heterocycles. The number of carbonyl (C=O) groups is 1. The molecule has 0 heterocycles. The number of ether oxygens (including phenoxy) is 1. The third-order valence-electron chi connectivity index (χ3n) is 2.48. The highest BCUT2D eigenvalue weighted by Crippen LogP contribution is 2.34. The Hall–Kier alpha value is -2.32. The maximum absolute atomic E-state index is 11.2. The lowest BCUT2D eigenvalue weighted by molar-refractivity contribution is -0.114. The van der Waals surface area contributed by atoms with Crippen LogP contribution in [0.25, 0.3) is 0 Å². The molecule has 0 radical (unpaired) electrons. The Labute approximate surface area is 125 Å². The number of nitrogens with zero attached hydrogens (tertiary/aromatic N) is 1. The topological polar surface area (TPSA) is 62.1 Å². The third-order valence-corrected chi connectivity index (χ3v) is 3.10. The maximum atomic E-state index is 11.2. The Morgan fingerprint density at radius 3 is 2.65 bits per heavy atom. The Bertz CT molecular complexity index is 693. The molecule has 0 spiro atoms. The van der Waals surface area contributed by atoms with E-state index in [1.165, 1.54) is 6.92 Å². The molecule has 2 aromatic carbocycles. The normalized spacial score (nSPS) is 9.65. The molecule has 4 nitrogen and oxygen atoms in total. The summed E-state index contributed by atoms with van der Waals surface area (Å²) in [5.74, 6) is 0.940. The minimum Gasteiger partial charge on any atom is -0.454 e. The number of benzene rings is 2. The van der Waals surface area contributed by atoms with Gasteiger partial charge in [0.05, 0.1) is 21.8 Å². The van der Waals surface area contributed by atoms with Crippen LogP contribution in [0.2, 0.25) is 0 Å². The van der Waals surface area contributed by atoms with Gasteiger partial charge in [-0.25, -0.2) is 0 Å². The average Bonchev–Trinajstić information content (AvgIpc) is 2.42. The van der Waals surface area contributed by atoms with E-state index in [4.69, 9.17) is 10.00 Å². The minimum atomic E-state index is -0.167. The van der Waals surface area contributed by atoms with Crippen molar-refractivity contribution in [3.63, 3.8) is 0 Å². The fourth-order valence-corrected chi connectivity index (χ4v) is 2.08. The first-order valence-corrected chi connectivity index (χ1v) is 6.63. The zero-order valence-corrected chi connectivity index (χ0v) is 12.3. The second-order valence-corrected chi connectivity index (χ2v) is 4.89. The molecule has 0 unspecified atom stereocenters. The van der Waals surface area contributed by atoms with Crippen LogP contribution in [0.5, 0.6) is 11.5 Å². The fraction of sp³-hybridized carbons (Fsp3) is 0.0667. The maximum Gasteiger partial charge on any atom is 0.221 e. The summed E-state index contributed by atoms with van der Waals surface area (Å²) < 4.78 is 6.44. The third kappa shape index (κ3) is 3.37. The van der Waals surface area contributed by atoms with Crippen molar-refractivity contribution in [2.45, 2.75) is 6.92 Å². The van der Waals surface area contributed by atoms with Gasteiger partial charge in [0.1, 0.15) is 5.75 Å². The van der Waals surface area contributed by atoms with E-state index >= 15 is 0 Å². The lowest BCUT2D eigenvalue weighted by Gasteiger charge is -2.12. The largest absolute Gasteiger partial charge is 0.454 e. The summed E-state index contributed by atoms with van der Waals surface area (Å²) >= 11 is 3.36. The van der Waals surface area contributed by atoms with Crippen molar-refractivity contribution in [1.82, 2.24) is 0 Å². The van der Waals surface area contributed by atoms with E-state index in [0.717, 1.165) is 0 Å². The Kier molecular flexibility index (Phi) is 4.38. The van der Waals surface area contributed by atoms with Gasteiger partial charge in [0.2, 0.25) is 5.91 Å².